The Morgan fingerprint density at radius 1 is 1.29 bits per heavy atom. The van der Waals surface area contributed by atoms with Gasteiger partial charge in [0.25, 0.3) is 5.91 Å². The summed E-state index contributed by atoms with van der Waals surface area (Å²) in [5.41, 5.74) is 1.76. The van der Waals surface area contributed by atoms with Crippen LogP contribution in [0.15, 0.2) is 10.7 Å². The molecule has 0 saturated carbocycles. The van der Waals surface area contributed by atoms with Gasteiger partial charge in [0, 0.05) is 13.1 Å². The van der Waals surface area contributed by atoms with Crippen molar-refractivity contribution in [1.29, 1.82) is 0 Å². The first kappa shape index (κ1) is 14.0. The Bertz CT molecular complexity index is 400. The molecule has 1 aromatic rings. The number of amides is 1. The molecule has 0 N–H and O–H groups in total. The minimum Gasteiger partial charge on any atom is -0.473 e. The Labute approximate surface area is 105 Å². The summed E-state index contributed by atoms with van der Waals surface area (Å²) >= 11 is 0. The minimum absolute atomic E-state index is 0.110. The Kier molecular flexibility index (Phi) is 4.19. The molecule has 1 amide bonds. The molecule has 4 heteroatoms. The summed E-state index contributed by atoms with van der Waals surface area (Å²) in [5, 5.41) is 0.923. The van der Waals surface area contributed by atoms with Crippen LogP contribution in [0, 0.1) is 6.92 Å². The number of furan rings is 1. The molecule has 0 atom stereocenters. The van der Waals surface area contributed by atoms with Crippen LogP contribution in [-0.2, 0) is 0 Å². The standard InChI is InChI=1S/C13H23NO2Si/c1-7-14(8-2)12(15)11-10(3)9-16-13(11)17(4,5)6/h9H,7-8H2,1-6H3. The third-order valence-corrected chi connectivity index (χ3v) is 4.65. The molecule has 1 aromatic heterocycles. The van der Waals surface area contributed by atoms with E-state index in [1.807, 2.05) is 25.7 Å². The summed E-state index contributed by atoms with van der Waals surface area (Å²) in [5.74, 6) is 0.110. The van der Waals surface area contributed by atoms with Crippen LogP contribution in [0.1, 0.15) is 29.8 Å². The Morgan fingerprint density at radius 3 is 2.24 bits per heavy atom. The van der Waals surface area contributed by atoms with Crippen LogP contribution in [0.4, 0.5) is 0 Å². The highest BCUT2D eigenvalue weighted by molar-refractivity contribution is 6.88. The second-order valence-electron chi connectivity index (χ2n) is 5.35. The fourth-order valence-electron chi connectivity index (χ4n) is 1.93. The summed E-state index contributed by atoms with van der Waals surface area (Å²) < 4.78 is 5.63. The number of carbonyl (C=O) groups is 1. The molecule has 0 aromatic carbocycles. The molecule has 1 heterocycles. The normalized spacial score (nSPS) is 11.6. The molecule has 0 aliphatic heterocycles. The number of nitrogens with zero attached hydrogens (tertiary/aromatic N) is 1. The van der Waals surface area contributed by atoms with Gasteiger partial charge in [-0.3, -0.25) is 4.79 Å². The van der Waals surface area contributed by atoms with Crippen LogP contribution in [-0.4, -0.2) is 32.0 Å². The second kappa shape index (κ2) is 5.08. The van der Waals surface area contributed by atoms with Crippen molar-refractivity contribution >= 4 is 19.4 Å². The monoisotopic (exact) mass is 253 g/mol. The van der Waals surface area contributed by atoms with E-state index in [2.05, 4.69) is 19.6 Å². The van der Waals surface area contributed by atoms with Gasteiger partial charge in [0.2, 0.25) is 0 Å². The van der Waals surface area contributed by atoms with E-state index >= 15 is 0 Å². The minimum atomic E-state index is -1.61. The van der Waals surface area contributed by atoms with Gasteiger partial charge in [0.1, 0.15) is 8.07 Å². The van der Waals surface area contributed by atoms with Crippen LogP contribution in [0.2, 0.25) is 19.6 Å². The van der Waals surface area contributed by atoms with Gasteiger partial charge in [-0.2, -0.15) is 0 Å². The van der Waals surface area contributed by atoms with E-state index in [0.717, 1.165) is 29.6 Å². The van der Waals surface area contributed by atoms with Crippen molar-refractivity contribution in [3.8, 4) is 0 Å². The summed E-state index contributed by atoms with van der Waals surface area (Å²) in [7, 11) is -1.61. The van der Waals surface area contributed by atoms with Crippen LogP contribution in [0.3, 0.4) is 0 Å². The summed E-state index contributed by atoms with van der Waals surface area (Å²) in [6.45, 7) is 14.0. The molecular weight excluding hydrogens is 230 g/mol. The quantitative estimate of drug-likeness (QED) is 0.773. The molecule has 0 spiro atoms. The largest absolute Gasteiger partial charge is 0.473 e. The molecule has 0 unspecified atom stereocenters. The highest BCUT2D eigenvalue weighted by atomic mass is 28.3. The Balaban J connectivity index is 3.21. The van der Waals surface area contributed by atoms with E-state index in [1.165, 1.54) is 0 Å². The van der Waals surface area contributed by atoms with Gasteiger partial charge in [-0.25, -0.2) is 0 Å². The lowest BCUT2D eigenvalue weighted by molar-refractivity contribution is 0.0773. The Morgan fingerprint density at radius 2 is 1.82 bits per heavy atom. The van der Waals surface area contributed by atoms with Gasteiger partial charge in [-0.1, -0.05) is 19.6 Å². The molecule has 0 aliphatic rings. The van der Waals surface area contributed by atoms with Gasteiger partial charge in [0.15, 0.2) is 0 Å². The lowest BCUT2D eigenvalue weighted by Crippen LogP contribution is -2.43. The smallest absolute Gasteiger partial charge is 0.257 e. The van der Waals surface area contributed by atoms with Crippen LogP contribution in [0.5, 0.6) is 0 Å². The first-order valence-electron chi connectivity index (χ1n) is 6.20. The molecule has 0 saturated heterocycles. The molecule has 1 rings (SSSR count). The number of carbonyl (C=O) groups excluding carboxylic acids is 1. The average molecular weight is 253 g/mol. The zero-order valence-electron chi connectivity index (χ0n) is 11.8. The van der Waals surface area contributed by atoms with Gasteiger partial charge < -0.3 is 9.32 Å². The van der Waals surface area contributed by atoms with E-state index in [-0.39, 0.29) is 5.91 Å². The first-order chi connectivity index (χ1) is 7.82. The van der Waals surface area contributed by atoms with Gasteiger partial charge >= 0.3 is 0 Å². The molecule has 17 heavy (non-hydrogen) atoms. The van der Waals surface area contributed by atoms with Crippen molar-refractivity contribution in [3.05, 3.63) is 17.4 Å². The maximum Gasteiger partial charge on any atom is 0.257 e. The van der Waals surface area contributed by atoms with Crippen LogP contribution < -0.4 is 5.38 Å². The van der Waals surface area contributed by atoms with Crippen molar-refractivity contribution < 1.29 is 9.21 Å². The average Bonchev–Trinajstić information content (AvgIpc) is 2.61. The molecule has 0 fully saturated rings. The molecule has 96 valence electrons. The fourth-order valence-corrected chi connectivity index (χ4v) is 3.40. The summed E-state index contributed by atoms with van der Waals surface area (Å²) in [6, 6.07) is 0. The topological polar surface area (TPSA) is 33.5 Å². The number of aryl methyl sites for hydroxylation is 1. The van der Waals surface area contributed by atoms with Crippen LogP contribution >= 0.6 is 0 Å². The predicted molar refractivity (Wildman–Crippen MR) is 73.7 cm³/mol. The third-order valence-electron chi connectivity index (χ3n) is 2.92. The predicted octanol–water partition coefficient (Wildman–Crippen LogP) is 2.62. The highest BCUT2D eigenvalue weighted by Crippen LogP contribution is 2.15. The maximum absolute atomic E-state index is 12.4. The first-order valence-corrected chi connectivity index (χ1v) is 9.70. The summed E-state index contributed by atoms with van der Waals surface area (Å²) in [6.07, 6.45) is 1.71. The SMILES string of the molecule is CCN(CC)C(=O)c1c(C)coc1[Si](C)(C)C. The number of rotatable bonds is 4. The van der Waals surface area contributed by atoms with E-state index in [0.29, 0.717) is 0 Å². The molecule has 0 radical (unpaired) electrons. The van der Waals surface area contributed by atoms with E-state index in [4.69, 9.17) is 4.42 Å². The Hall–Kier alpha value is -1.03. The third kappa shape index (κ3) is 2.80. The van der Waals surface area contributed by atoms with Crippen molar-refractivity contribution in [2.24, 2.45) is 0 Å². The highest BCUT2D eigenvalue weighted by Gasteiger charge is 2.30. The van der Waals surface area contributed by atoms with Crippen molar-refractivity contribution in [3.63, 3.8) is 0 Å². The van der Waals surface area contributed by atoms with Crippen molar-refractivity contribution in [1.82, 2.24) is 4.90 Å². The van der Waals surface area contributed by atoms with E-state index < -0.39 is 8.07 Å². The lowest BCUT2D eigenvalue weighted by atomic mass is 10.2. The van der Waals surface area contributed by atoms with Gasteiger partial charge in [-0.05, 0) is 26.3 Å². The van der Waals surface area contributed by atoms with Crippen LogP contribution in [0.25, 0.3) is 0 Å². The van der Waals surface area contributed by atoms with Crippen molar-refractivity contribution in [2.45, 2.75) is 40.4 Å². The number of hydrogen-bond acceptors (Lipinski definition) is 2. The van der Waals surface area contributed by atoms with Gasteiger partial charge in [-0.15, -0.1) is 0 Å². The van der Waals surface area contributed by atoms with Crippen molar-refractivity contribution in [2.75, 3.05) is 13.1 Å². The maximum atomic E-state index is 12.4. The zero-order valence-corrected chi connectivity index (χ0v) is 12.8. The molecule has 3 nitrogen and oxygen atoms in total. The molecule has 0 bridgehead atoms. The van der Waals surface area contributed by atoms with E-state index in [1.54, 1.807) is 6.26 Å². The van der Waals surface area contributed by atoms with Gasteiger partial charge in [0.05, 0.1) is 17.2 Å². The fraction of sp³-hybridized carbons (Fsp3) is 0.615. The van der Waals surface area contributed by atoms with E-state index in [9.17, 15) is 4.79 Å². The molecular formula is C13H23NO2Si. The number of hydrogen-bond donors (Lipinski definition) is 0. The lowest BCUT2D eigenvalue weighted by Gasteiger charge is -2.21. The second-order valence-corrected chi connectivity index (χ2v) is 10.3. The zero-order chi connectivity index (χ0) is 13.2. The summed E-state index contributed by atoms with van der Waals surface area (Å²) in [4.78, 5) is 14.3. The molecule has 0 aliphatic carbocycles.